The largest absolute Gasteiger partial charge is 0.497 e. The van der Waals surface area contributed by atoms with Crippen molar-refractivity contribution in [3.8, 4) is 5.75 Å². The number of methoxy groups -OCH3 is 1. The first-order chi connectivity index (χ1) is 15.1. The lowest BCUT2D eigenvalue weighted by molar-refractivity contribution is 0.0376. The van der Waals surface area contributed by atoms with Crippen LogP contribution in [0.25, 0.3) is 10.2 Å². The fourth-order valence-corrected chi connectivity index (χ4v) is 4.81. The average molecular weight is 444 g/mol. The molecule has 1 saturated heterocycles. The molecule has 1 amide bonds. The number of benzene rings is 1. The molecule has 3 heterocycles. The lowest BCUT2D eigenvalue weighted by Crippen LogP contribution is -2.39. The maximum Gasteiger partial charge on any atom is 0.278 e. The molecule has 8 nitrogen and oxygen atoms in total. The number of carbonyl (C=O) groups excluding carboxylic acids is 1. The smallest absolute Gasteiger partial charge is 0.278 e. The third-order valence-corrected chi connectivity index (χ3v) is 6.48. The third kappa shape index (κ3) is 4.89. The van der Waals surface area contributed by atoms with Gasteiger partial charge in [-0.25, -0.2) is 4.98 Å². The van der Waals surface area contributed by atoms with E-state index in [1.807, 2.05) is 38.1 Å². The molecule has 3 aromatic rings. The van der Waals surface area contributed by atoms with Gasteiger partial charge in [0.1, 0.15) is 11.4 Å². The first kappa shape index (κ1) is 21.7. The Morgan fingerprint density at radius 1 is 1.29 bits per heavy atom. The molecule has 0 aliphatic carbocycles. The Hall–Kier alpha value is -2.49. The van der Waals surface area contributed by atoms with E-state index in [0.29, 0.717) is 23.9 Å². The van der Waals surface area contributed by atoms with Crippen molar-refractivity contribution >= 4 is 32.6 Å². The number of thiazole rings is 1. The molecule has 1 fully saturated rings. The number of rotatable bonds is 8. The van der Waals surface area contributed by atoms with Gasteiger partial charge < -0.3 is 9.47 Å². The number of ether oxygens (including phenoxy) is 2. The van der Waals surface area contributed by atoms with Crippen LogP contribution >= 0.6 is 11.3 Å². The average Bonchev–Trinajstić information content (AvgIpc) is 3.39. The van der Waals surface area contributed by atoms with Gasteiger partial charge in [0.05, 0.1) is 36.2 Å². The van der Waals surface area contributed by atoms with E-state index in [1.54, 1.807) is 16.7 Å². The van der Waals surface area contributed by atoms with Crippen LogP contribution < -0.4 is 9.64 Å². The van der Waals surface area contributed by atoms with Gasteiger partial charge in [0.2, 0.25) is 0 Å². The van der Waals surface area contributed by atoms with Crippen LogP contribution in [0.5, 0.6) is 5.75 Å². The molecule has 0 bridgehead atoms. The highest BCUT2D eigenvalue weighted by molar-refractivity contribution is 7.22. The van der Waals surface area contributed by atoms with E-state index in [4.69, 9.17) is 14.5 Å². The Bertz CT molecular complexity index is 1040. The maximum atomic E-state index is 13.6. The molecule has 9 heteroatoms. The molecular weight excluding hydrogens is 414 g/mol. The second-order valence-corrected chi connectivity index (χ2v) is 8.59. The van der Waals surface area contributed by atoms with E-state index >= 15 is 0 Å². The predicted octanol–water partition coefficient (Wildman–Crippen LogP) is 3.20. The summed E-state index contributed by atoms with van der Waals surface area (Å²) in [5.74, 6) is 0.725. The van der Waals surface area contributed by atoms with E-state index in [-0.39, 0.29) is 5.91 Å². The summed E-state index contributed by atoms with van der Waals surface area (Å²) in [5.41, 5.74) is 2.31. The van der Waals surface area contributed by atoms with Crippen LogP contribution in [0.1, 0.15) is 29.5 Å². The number of aryl methyl sites for hydroxylation is 2. The minimum absolute atomic E-state index is 0.0598. The molecule has 2 aromatic heterocycles. The highest BCUT2D eigenvalue weighted by Gasteiger charge is 2.25. The Morgan fingerprint density at radius 2 is 2.10 bits per heavy atom. The number of fused-ring (bicyclic) bond motifs is 1. The molecule has 0 radical (unpaired) electrons. The summed E-state index contributed by atoms with van der Waals surface area (Å²) in [6.07, 6.45) is 0.865. The highest BCUT2D eigenvalue weighted by atomic mass is 32.1. The van der Waals surface area contributed by atoms with E-state index in [0.717, 1.165) is 60.9 Å². The fourth-order valence-electron chi connectivity index (χ4n) is 3.79. The van der Waals surface area contributed by atoms with E-state index in [2.05, 4.69) is 10.00 Å². The zero-order valence-corrected chi connectivity index (χ0v) is 19.2. The van der Waals surface area contributed by atoms with Gasteiger partial charge in [0, 0.05) is 32.7 Å². The first-order valence-corrected chi connectivity index (χ1v) is 11.5. The van der Waals surface area contributed by atoms with Gasteiger partial charge in [0.25, 0.3) is 5.91 Å². The second-order valence-electron chi connectivity index (χ2n) is 7.58. The van der Waals surface area contributed by atoms with Crippen LogP contribution in [0.2, 0.25) is 0 Å². The summed E-state index contributed by atoms with van der Waals surface area (Å²) in [4.78, 5) is 22.6. The van der Waals surface area contributed by atoms with Gasteiger partial charge in [-0.2, -0.15) is 5.10 Å². The molecule has 0 N–H and O–H groups in total. The van der Waals surface area contributed by atoms with Gasteiger partial charge in [0.15, 0.2) is 5.13 Å². The number of anilines is 1. The van der Waals surface area contributed by atoms with Crippen LogP contribution in [-0.4, -0.2) is 72.1 Å². The number of aromatic nitrogens is 3. The molecule has 31 heavy (non-hydrogen) atoms. The predicted molar refractivity (Wildman–Crippen MR) is 122 cm³/mol. The summed E-state index contributed by atoms with van der Waals surface area (Å²) in [7, 11) is 1.65. The minimum Gasteiger partial charge on any atom is -0.497 e. The molecule has 166 valence electrons. The van der Waals surface area contributed by atoms with Gasteiger partial charge in [-0.05, 0) is 44.5 Å². The van der Waals surface area contributed by atoms with Crippen LogP contribution in [-0.2, 0) is 11.3 Å². The zero-order valence-electron chi connectivity index (χ0n) is 18.3. The molecule has 1 aromatic carbocycles. The lowest BCUT2D eigenvalue weighted by atomic mass is 10.3. The zero-order chi connectivity index (χ0) is 21.8. The molecule has 0 unspecified atom stereocenters. The van der Waals surface area contributed by atoms with Crippen molar-refractivity contribution in [1.29, 1.82) is 0 Å². The lowest BCUT2D eigenvalue weighted by Gasteiger charge is -2.27. The van der Waals surface area contributed by atoms with E-state index in [1.165, 1.54) is 11.3 Å². The van der Waals surface area contributed by atoms with Crippen LogP contribution in [0.4, 0.5) is 5.13 Å². The maximum absolute atomic E-state index is 13.6. The van der Waals surface area contributed by atoms with Crippen molar-refractivity contribution in [2.45, 2.75) is 26.8 Å². The summed E-state index contributed by atoms with van der Waals surface area (Å²) in [5, 5.41) is 5.16. The van der Waals surface area contributed by atoms with Crippen LogP contribution in [0.15, 0.2) is 24.3 Å². The summed E-state index contributed by atoms with van der Waals surface area (Å²) in [6, 6.07) is 7.65. The summed E-state index contributed by atoms with van der Waals surface area (Å²) >= 11 is 1.51. The number of nitrogens with zero attached hydrogens (tertiary/aromatic N) is 5. The topological polar surface area (TPSA) is 72.7 Å². The molecule has 0 atom stereocenters. The number of amides is 1. The number of hydrogen-bond acceptors (Lipinski definition) is 7. The highest BCUT2D eigenvalue weighted by Crippen LogP contribution is 2.32. The molecule has 4 rings (SSSR count). The van der Waals surface area contributed by atoms with Crippen molar-refractivity contribution in [1.82, 2.24) is 19.7 Å². The fraction of sp³-hybridized carbons (Fsp3) is 0.500. The van der Waals surface area contributed by atoms with Crippen molar-refractivity contribution in [2.75, 3.05) is 51.4 Å². The monoisotopic (exact) mass is 443 g/mol. The Morgan fingerprint density at radius 3 is 2.84 bits per heavy atom. The van der Waals surface area contributed by atoms with E-state index < -0.39 is 0 Å². The van der Waals surface area contributed by atoms with Gasteiger partial charge in [-0.3, -0.25) is 19.3 Å². The third-order valence-electron chi connectivity index (χ3n) is 5.44. The molecule has 0 saturated carbocycles. The standard InChI is InChI=1S/C22H29N5O3S/c1-4-27-19(14-16(2)24-27)21(28)26(9-5-8-25-10-12-30-13-11-25)22-23-18-7-6-17(29-3)15-20(18)31-22/h6-7,14-15H,4-5,8-13H2,1-3H3. The van der Waals surface area contributed by atoms with Crippen molar-refractivity contribution in [3.63, 3.8) is 0 Å². The second kappa shape index (κ2) is 9.76. The van der Waals surface area contributed by atoms with Crippen molar-refractivity contribution < 1.29 is 14.3 Å². The van der Waals surface area contributed by atoms with Gasteiger partial charge in [-0.15, -0.1) is 0 Å². The number of carbonyl (C=O) groups is 1. The van der Waals surface area contributed by atoms with Crippen LogP contribution in [0, 0.1) is 6.92 Å². The summed E-state index contributed by atoms with van der Waals surface area (Å²) in [6.45, 7) is 9.51. The number of hydrogen-bond donors (Lipinski definition) is 0. The minimum atomic E-state index is -0.0598. The Kier molecular flexibility index (Phi) is 6.84. The first-order valence-electron chi connectivity index (χ1n) is 10.7. The SMILES string of the molecule is CCn1nc(C)cc1C(=O)N(CCCN1CCOCC1)c1nc2ccc(OC)cc2s1. The van der Waals surface area contributed by atoms with Crippen molar-refractivity contribution in [2.24, 2.45) is 0 Å². The normalized spacial score (nSPS) is 14.8. The van der Waals surface area contributed by atoms with Crippen LogP contribution in [0.3, 0.4) is 0 Å². The van der Waals surface area contributed by atoms with Gasteiger partial charge >= 0.3 is 0 Å². The number of morpholine rings is 1. The Balaban J connectivity index is 1.60. The van der Waals surface area contributed by atoms with Gasteiger partial charge in [-0.1, -0.05) is 11.3 Å². The Labute approximate surface area is 186 Å². The molecule has 1 aliphatic rings. The molecular formula is C22H29N5O3S. The summed E-state index contributed by atoms with van der Waals surface area (Å²) < 4.78 is 13.6. The van der Waals surface area contributed by atoms with Crippen molar-refractivity contribution in [3.05, 3.63) is 35.7 Å². The molecule has 1 aliphatic heterocycles. The molecule has 0 spiro atoms. The van der Waals surface area contributed by atoms with E-state index in [9.17, 15) is 4.79 Å². The quantitative estimate of drug-likeness (QED) is 0.532.